The van der Waals surface area contributed by atoms with Gasteiger partial charge in [0.05, 0.1) is 18.4 Å². The molecular weight excluding hydrogens is 372 g/mol. The largest absolute Gasteiger partial charge is 0.493 e. The van der Waals surface area contributed by atoms with Crippen molar-refractivity contribution in [1.82, 2.24) is 0 Å². The molecule has 1 aromatic heterocycles. The zero-order valence-electron chi connectivity index (χ0n) is 15.9. The third-order valence-corrected chi connectivity index (χ3v) is 4.47. The first-order valence-corrected chi connectivity index (χ1v) is 9.14. The van der Waals surface area contributed by atoms with Crippen molar-refractivity contribution in [2.45, 2.75) is 13.8 Å². The summed E-state index contributed by atoms with van der Waals surface area (Å²) in [6, 6.07) is 13.7. The predicted molar refractivity (Wildman–Crippen MR) is 105 cm³/mol. The van der Waals surface area contributed by atoms with Gasteiger partial charge in [-0.15, -0.1) is 0 Å². The Morgan fingerprint density at radius 3 is 2.66 bits per heavy atom. The Labute approximate surface area is 167 Å². The number of benzene rings is 2. The van der Waals surface area contributed by atoms with Gasteiger partial charge in [0.1, 0.15) is 17.2 Å². The Kier molecular flexibility index (Phi) is 4.91. The molecule has 4 rings (SSSR count). The van der Waals surface area contributed by atoms with E-state index >= 15 is 0 Å². The smallest absolute Gasteiger partial charge is 0.379 e. The molecule has 0 saturated carbocycles. The lowest BCUT2D eigenvalue weighted by molar-refractivity contribution is 0.0699. The maximum absolute atomic E-state index is 12.8. The standard InChI is InChI=1S/C23H18O6/c1-3-26-18-8-5-4-7-15(18)13-20-21(24)16-10-11-17(14(2)22(16)28-20)29-23(25)19-9-6-12-27-19/h4-13H,3H2,1-2H3/b20-13-. The molecule has 1 aliphatic heterocycles. The summed E-state index contributed by atoms with van der Waals surface area (Å²) in [6.07, 6.45) is 3.05. The second kappa shape index (κ2) is 7.67. The van der Waals surface area contributed by atoms with Crippen LogP contribution in [0.15, 0.2) is 65.0 Å². The summed E-state index contributed by atoms with van der Waals surface area (Å²) in [5.41, 5.74) is 1.71. The molecule has 0 saturated heterocycles. The molecule has 0 spiro atoms. The van der Waals surface area contributed by atoms with Crippen LogP contribution in [-0.2, 0) is 0 Å². The Morgan fingerprint density at radius 1 is 1.07 bits per heavy atom. The summed E-state index contributed by atoms with van der Waals surface area (Å²) in [6.45, 7) is 4.14. The van der Waals surface area contributed by atoms with E-state index in [9.17, 15) is 9.59 Å². The Morgan fingerprint density at radius 2 is 1.90 bits per heavy atom. The first-order valence-electron chi connectivity index (χ1n) is 9.14. The van der Waals surface area contributed by atoms with Gasteiger partial charge in [-0.05, 0) is 50.3 Å². The number of carbonyl (C=O) groups excluding carboxylic acids is 2. The SMILES string of the molecule is CCOc1ccccc1/C=C1\Oc2c(ccc(OC(=O)c3ccco3)c2C)C1=O. The van der Waals surface area contributed by atoms with Crippen LogP contribution in [0.1, 0.15) is 39.0 Å². The molecule has 0 radical (unpaired) electrons. The zero-order chi connectivity index (χ0) is 20.4. The van der Waals surface area contributed by atoms with E-state index in [1.165, 1.54) is 12.3 Å². The lowest BCUT2D eigenvalue weighted by atomic mass is 10.1. The molecule has 29 heavy (non-hydrogen) atoms. The first-order chi connectivity index (χ1) is 14.1. The van der Waals surface area contributed by atoms with Gasteiger partial charge in [0.2, 0.25) is 11.5 Å². The van der Waals surface area contributed by atoms with Crippen molar-refractivity contribution in [3.05, 3.63) is 83.0 Å². The van der Waals surface area contributed by atoms with Crippen molar-refractivity contribution >= 4 is 17.8 Å². The van der Waals surface area contributed by atoms with Crippen LogP contribution in [-0.4, -0.2) is 18.4 Å². The second-order valence-electron chi connectivity index (χ2n) is 6.34. The highest BCUT2D eigenvalue weighted by atomic mass is 16.5. The highest BCUT2D eigenvalue weighted by Gasteiger charge is 2.31. The molecule has 0 unspecified atom stereocenters. The maximum Gasteiger partial charge on any atom is 0.379 e. The molecule has 146 valence electrons. The number of furan rings is 1. The third-order valence-electron chi connectivity index (χ3n) is 4.47. The van der Waals surface area contributed by atoms with Crippen molar-refractivity contribution in [3.63, 3.8) is 0 Å². The van der Waals surface area contributed by atoms with E-state index in [-0.39, 0.29) is 17.3 Å². The van der Waals surface area contributed by atoms with Crippen LogP contribution in [0.25, 0.3) is 6.08 Å². The average Bonchev–Trinajstić information content (AvgIpc) is 3.36. The number of ether oxygens (including phenoxy) is 3. The number of rotatable bonds is 5. The topological polar surface area (TPSA) is 75.0 Å². The molecule has 2 heterocycles. The fourth-order valence-corrected chi connectivity index (χ4v) is 3.05. The highest BCUT2D eigenvalue weighted by Crippen LogP contribution is 2.40. The van der Waals surface area contributed by atoms with E-state index in [2.05, 4.69) is 0 Å². The molecule has 0 bridgehead atoms. The molecule has 3 aromatic rings. The van der Waals surface area contributed by atoms with Crippen LogP contribution in [0.5, 0.6) is 17.2 Å². The minimum absolute atomic E-state index is 0.0926. The molecular formula is C23H18O6. The number of Topliss-reactive ketones (excluding diaryl/α,β-unsaturated/α-hetero) is 1. The van der Waals surface area contributed by atoms with Crippen LogP contribution in [0, 0.1) is 6.92 Å². The molecule has 0 N–H and O–H groups in total. The van der Waals surface area contributed by atoms with Crippen molar-refractivity contribution in [2.75, 3.05) is 6.61 Å². The molecule has 6 nitrogen and oxygen atoms in total. The Hall–Kier alpha value is -3.80. The predicted octanol–water partition coefficient (Wildman–Crippen LogP) is 4.82. The third kappa shape index (κ3) is 3.52. The number of hydrogen-bond acceptors (Lipinski definition) is 6. The Balaban J connectivity index is 1.63. The fraction of sp³-hybridized carbons (Fsp3) is 0.130. The van der Waals surface area contributed by atoms with Gasteiger partial charge in [-0.25, -0.2) is 4.79 Å². The fourth-order valence-electron chi connectivity index (χ4n) is 3.05. The van der Waals surface area contributed by atoms with Gasteiger partial charge < -0.3 is 18.6 Å². The average molecular weight is 390 g/mol. The molecule has 6 heteroatoms. The van der Waals surface area contributed by atoms with Crippen molar-refractivity contribution in [2.24, 2.45) is 0 Å². The lowest BCUT2D eigenvalue weighted by Gasteiger charge is -2.09. The quantitative estimate of drug-likeness (QED) is 0.353. The first kappa shape index (κ1) is 18.6. The van der Waals surface area contributed by atoms with Gasteiger partial charge in [0, 0.05) is 11.1 Å². The molecule has 0 aliphatic carbocycles. The van der Waals surface area contributed by atoms with Crippen LogP contribution in [0.2, 0.25) is 0 Å². The van der Waals surface area contributed by atoms with Gasteiger partial charge in [0.15, 0.2) is 5.76 Å². The number of fused-ring (bicyclic) bond motifs is 1. The summed E-state index contributed by atoms with van der Waals surface area (Å²) in [5.74, 6) is 0.760. The maximum atomic E-state index is 12.8. The van der Waals surface area contributed by atoms with Gasteiger partial charge in [0.25, 0.3) is 0 Å². The monoisotopic (exact) mass is 390 g/mol. The number of allylic oxidation sites excluding steroid dienone is 1. The van der Waals surface area contributed by atoms with Crippen molar-refractivity contribution in [3.8, 4) is 17.2 Å². The number of carbonyl (C=O) groups is 2. The summed E-state index contributed by atoms with van der Waals surface area (Å²) < 4.78 is 21.9. The summed E-state index contributed by atoms with van der Waals surface area (Å²) in [5, 5.41) is 0. The van der Waals surface area contributed by atoms with Crippen LogP contribution in [0.4, 0.5) is 0 Å². The zero-order valence-corrected chi connectivity index (χ0v) is 15.9. The molecule has 1 aliphatic rings. The van der Waals surface area contributed by atoms with E-state index in [0.717, 1.165) is 5.56 Å². The van der Waals surface area contributed by atoms with E-state index in [1.807, 2.05) is 31.2 Å². The van der Waals surface area contributed by atoms with Crippen LogP contribution >= 0.6 is 0 Å². The Bertz CT molecular complexity index is 1110. The summed E-state index contributed by atoms with van der Waals surface area (Å²) in [4.78, 5) is 24.9. The summed E-state index contributed by atoms with van der Waals surface area (Å²) in [7, 11) is 0. The van der Waals surface area contributed by atoms with Gasteiger partial charge >= 0.3 is 5.97 Å². The second-order valence-corrected chi connectivity index (χ2v) is 6.34. The summed E-state index contributed by atoms with van der Waals surface area (Å²) >= 11 is 0. The molecule has 0 fully saturated rings. The number of ketones is 1. The minimum Gasteiger partial charge on any atom is -0.493 e. The highest BCUT2D eigenvalue weighted by molar-refractivity contribution is 6.15. The normalized spacial score (nSPS) is 13.9. The lowest BCUT2D eigenvalue weighted by Crippen LogP contribution is -2.08. The van der Waals surface area contributed by atoms with Crippen LogP contribution < -0.4 is 14.2 Å². The van der Waals surface area contributed by atoms with E-state index in [0.29, 0.717) is 35.0 Å². The number of hydrogen-bond donors (Lipinski definition) is 0. The number of esters is 1. The van der Waals surface area contributed by atoms with E-state index in [4.69, 9.17) is 18.6 Å². The van der Waals surface area contributed by atoms with E-state index in [1.54, 1.807) is 31.2 Å². The number of para-hydroxylation sites is 1. The van der Waals surface area contributed by atoms with E-state index < -0.39 is 5.97 Å². The molecule has 0 atom stereocenters. The van der Waals surface area contributed by atoms with Crippen LogP contribution in [0.3, 0.4) is 0 Å². The van der Waals surface area contributed by atoms with Gasteiger partial charge in [-0.2, -0.15) is 0 Å². The van der Waals surface area contributed by atoms with Gasteiger partial charge in [-0.1, -0.05) is 18.2 Å². The molecule has 2 aromatic carbocycles. The van der Waals surface area contributed by atoms with Gasteiger partial charge in [-0.3, -0.25) is 4.79 Å². The van der Waals surface area contributed by atoms with Crippen molar-refractivity contribution < 1.29 is 28.2 Å². The molecule has 0 amide bonds. The van der Waals surface area contributed by atoms with Crippen molar-refractivity contribution in [1.29, 1.82) is 0 Å². The minimum atomic E-state index is -0.621.